The fraction of sp³-hybridized carbons (Fsp3) is 0.353. The van der Waals surface area contributed by atoms with Crippen molar-refractivity contribution in [2.75, 3.05) is 36.5 Å². The first-order valence-corrected chi connectivity index (χ1v) is 7.67. The van der Waals surface area contributed by atoms with E-state index in [1.165, 1.54) is 11.9 Å². The van der Waals surface area contributed by atoms with Crippen molar-refractivity contribution in [2.45, 2.75) is 13.8 Å². The number of hydrogen-bond donors (Lipinski definition) is 1. The summed E-state index contributed by atoms with van der Waals surface area (Å²) in [5.41, 5.74) is 3.46. The number of hydrogen-bond acceptors (Lipinski definition) is 5. The van der Waals surface area contributed by atoms with E-state index in [9.17, 15) is 4.79 Å². The van der Waals surface area contributed by atoms with Crippen molar-refractivity contribution < 1.29 is 9.53 Å². The van der Waals surface area contributed by atoms with Crippen LogP contribution in [0.3, 0.4) is 0 Å². The van der Waals surface area contributed by atoms with Crippen LogP contribution in [-0.4, -0.2) is 42.2 Å². The Labute approximate surface area is 135 Å². The second kappa shape index (κ2) is 6.75. The summed E-state index contributed by atoms with van der Waals surface area (Å²) >= 11 is 0. The lowest BCUT2D eigenvalue weighted by molar-refractivity contribution is 0.102. The van der Waals surface area contributed by atoms with Gasteiger partial charge in [0, 0.05) is 24.8 Å². The minimum absolute atomic E-state index is 0.231. The van der Waals surface area contributed by atoms with Crippen molar-refractivity contribution in [2.24, 2.45) is 0 Å². The van der Waals surface area contributed by atoms with Crippen LogP contribution in [0.4, 0.5) is 11.5 Å². The van der Waals surface area contributed by atoms with E-state index in [4.69, 9.17) is 4.74 Å². The van der Waals surface area contributed by atoms with Gasteiger partial charge in [0.25, 0.3) is 5.91 Å². The van der Waals surface area contributed by atoms with Crippen LogP contribution in [0.1, 0.15) is 21.6 Å². The number of carbonyl (C=O) groups is 1. The molecule has 1 saturated heterocycles. The van der Waals surface area contributed by atoms with Gasteiger partial charge in [0.1, 0.15) is 17.8 Å². The summed E-state index contributed by atoms with van der Waals surface area (Å²) in [6.45, 7) is 6.96. The highest BCUT2D eigenvalue weighted by Crippen LogP contribution is 2.16. The molecule has 0 bridgehead atoms. The Balaban J connectivity index is 1.75. The van der Waals surface area contributed by atoms with Gasteiger partial charge in [0.05, 0.1) is 13.2 Å². The minimum Gasteiger partial charge on any atom is -0.378 e. The number of anilines is 2. The van der Waals surface area contributed by atoms with E-state index in [0.29, 0.717) is 18.9 Å². The Hall–Kier alpha value is -2.47. The summed E-state index contributed by atoms with van der Waals surface area (Å²) in [5, 5.41) is 2.88. The maximum Gasteiger partial charge on any atom is 0.274 e. The van der Waals surface area contributed by atoms with E-state index in [-0.39, 0.29) is 5.91 Å². The van der Waals surface area contributed by atoms with Crippen LogP contribution in [0.25, 0.3) is 0 Å². The summed E-state index contributed by atoms with van der Waals surface area (Å²) < 4.78 is 5.33. The zero-order valence-corrected chi connectivity index (χ0v) is 13.4. The molecule has 0 unspecified atom stereocenters. The highest BCUT2D eigenvalue weighted by Gasteiger charge is 2.15. The van der Waals surface area contributed by atoms with Gasteiger partial charge in [-0.15, -0.1) is 0 Å². The number of carbonyl (C=O) groups excluding carboxylic acids is 1. The van der Waals surface area contributed by atoms with Gasteiger partial charge in [-0.3, -0.25) is 4.79 Å². The first kappa shape index (κ1) is 15.4. The summed E-state index contributed by atoms with van der Waals surface area (Å²) in [7, 11) is 0. The zero-order valence-electron chi connectivity index (χ0n) is 13.4. The second-order valence-electron chi connectivity index (χ2n) is 5.61. The second-order valence-corrected chi connectivity index (χ2v) is 5.61. The standard InChI is InChI=1S/C17H20N4O2/c1-12-3-4-14(9-13(12)2)20-17(22)15-10-16(19-11-18-15)21-5-7-23-8-6-21/h3-4,9-11H,5-8H2,1-2H3,(H,20,22). The normalized spacial score (nSPS) is 14.6. The van der Waals surface area contributed by atoms with Gasteiger partial charge in [-0.2, -0.15) is 0 Å². The number of rotatable bonds is 3. The first-order chi connectivity index (χ1) is 11.1. The summed E-state index contributed by atoms with van der Waals surface area (Å²) in [6.07, 6.45) is 1.43. The lowest BCUT2D eigenvalue weighted by atomic mass is 10.1. The monoisotopic (exact) mass is 312 g/mol. The molecular formula is C17H20N4O2. The average molecular weight is 312 g/mol. The molecule has 2 heterocycles. The Morgan fingerprint density at radius 1 is 1.13 bits per heavy atom. The van der Waals surface area contributed by atoms with Crippen molar-refractivity contribution >= 4 is 17.4 Å². The lowest BCUT2D eigenvalue weighted by Crippen LogP contribution is -2.37. The number of aromatic nitrogens is 2. The molecule has 6 nitrogen and oxygen atoms in total. The molecule has 2 aromatic rings. The van der Waals surface area contributed by atoms with Crippen LogP contribution in [-0.2, 0) is 4.74 Å². The third-order valence-electron chi connectivity index (χ3n) is 3.99. The number of amides is 1. The molecule has 0 atom stereocenters. The minimum atomic E-state index is -0.231. The molecule has 1 fully saturated rings. The number of benzene rings is 1. The molecule has 6 heteroatoms. The predicted octanol–water partition coefficient (Wildman–Crippen LogP) is 2.18. The maximum absolute atomic E-state index is 12.4. The molecule has 120 valence electrons. The molecule has 0 saturated carbocycles. The number of nitrogens with one attached hydrogen (secondary N) is 1. The van der Waals surface area contributed by atoms with E-state index < -0.39 is 0 Å². The largest absolute Gasteiger partial charge is 0.378 e. The van der Waals surface area contributed by atoms with Gasteiger partial charge >= 0.3 is 0 Å². The van der Waals surface area contributed by atoms with Gasteiger partial charge in [0.15, 0.2) is 0 Å². The molecule has 0 spiro atoms. The third-order valence-corrected chi connectivity index (χ3v) is 3.99. The molecular weight excluding hydrogens is 292 g/mol. The van der Waals surface area contributed by atoms with Crippen molar-refractivity contribution in [3.05, 3.63) is 47.4 Å². The molecule has 0 radical (unpaired) electrons. The number of morpholine rings is 1. The maximum atomic E-state index is 12.4. The van der Waals surface area contributed by atoms with Crippen LogP contribution >= 0.6 is 0 Å². The van der Waals surface area contributed by atoms with Crippen molar-refractivity contribution in [3.8, 4) is 0 Å². The van der Waals surface area contributed by atoms with E-state index in [0.717, 1.165) is 30.2 Å². The van der Waals surface area contributed by atoms with Crippen LogP contribution in [0.2, 0.25) is 0 Å². The van der Waals surface area contributed by atoms with E-state index >= 15 is 0 Å². The van der Waals surface area contributed by atoms with Crippen molar-refractivity contribution in [1.29, 1.82) is 0 Å². The van der Waals surface area contributed by atoms with Gasteiger partial charge in [-0.25, -0.2) is 9.97 Å². The molecule has 1 aliphatic rings. The fourth-order valence-corrected chi connectivity index (χ4v) is 2.45. The Bertz CT molecular complexity index is 711. The highest BCUT2D eigenvalue weighted by molar-refractivity contribution is 6.03. The fourth-order valence-electron chi connectivity index (χ4n) is 2.45. The zero-order chi connectivity index (χ0) is 16.2. The molecule has 3 rings (SSSR count). The van der Waals surface area contributed by atoms with Gasteiger partial charge in [-0.1, -0.05) is 6.07 Å². The lowest BCUT2D eigenvalue weighted by Gasteiger charge is -2.27. The highest BCUT2D eigenvalue weighted by atomic mass is 16.5. The molecule has 1 amide bonds. The van der Waals surface area contributed by atoms with Gasteiger partial charge in [-0.05, 0) is 37.1 Å². The van der Waals surface area contributed by atoms with E-state index in [1.54, 1.807) is 6.07 Å². The Morgan fingerprint density at radius 3 is 2.65 bits per heavy atom. The van der Waals surface area contributed by atoms with Crippen LogP contribution in [0.5, 0.6) is 0 Å². The summed E-state index contributed by atoms with van der Waals surface area (Å²) in [4.78, 5) is 22.8. The van der Waals surface area contributed by atoms with Gasteiger partial charge in [0.2, 0.25) is 0 Å². The van der Waals surface area contributed by atoms with Crippen molar-refractivity contribution in [1.82, 2.24) is 9.97 Å². The molecule has 23 heavy (non-hydrogen) atoms. The van der Waals surface area contributed by atoms with E-state index in [2.05, 4.69) is 20.2 Å². The van der Waals surface area contributed by atoms with Crippen molar-refractivity contribution in [3.63, 3.8) is 0 Å². The van der Waals surface area contributed by atoms with Crippen LogP contribution in [0.15, 0.2) is 30.6 Å². The molecule has 1 N–H and O–H groups in total. The first-order valence-electron chi connectivity index (χ1n) is 7.67. The topological polar surface area (TPSA) is 67.4 Å². The Kier molecular flexibility index (Phi) is 4.52. The SMILES string of the molecule is Cc1ccc(NC(=O)c2cc(N3CCOCC3)ncn2)cc1C. The Morgan fingerprint density at radius 2 is 1.91 bits per heavy atom. The molecule has 1 aromatic carbocycles. The molecule has 0 aliphatic carbocycles. The number of aryl methyl sites for hydroxylation is 2. The molecule has 1 aliphatic heterocycles. The predicted molar refractivity (Wildman–Crippen MR) is 88.9 cm³/mol. The van der Waals surface area contributed by atoms with Crippen LogP contribution < -0.4 is 10.2 Å². The summed E-state index contributed by atoms with van der Waals surface area (Å²) in [5.74, 6) is 0.527. The quantitative estimate of drug-likeness (QED) is 0.941. The van der Waals surface area contributed by atoms with Crippen LogP contribution in [0, 0.1) is 13.8 Å². The third kappa shape index (κ3) is 3.65. The van der Waals surface area contributed by atoms with E-state index in [1.807, 2.05) is 32.0 Å². The smallest absolute Gasteiger partial charge is 0.274 e. The summed E-state index contributed by atoms with van der Waals surface area (Å²) in [6, 6.07) is 7.56. The number of ether oxygens (including phenoxy) is 1. The molecule has 1 aromatic heterocycles. The number of nitrogens with zero attached hydrogens (tertiary/aromatic N) is 3. The average Bonchev–Trinajstić information content (AvgIpc) is 2.59. The van der Waals surface area contributed by atoms with Gasteiger partial charge < -0.3 is 15.0 Å².